The van der Waals surface area contributed by atoms with Gasteiger partial charge in [0.2, 0.25) is 0 Å². The number of hydrogen-bond donors (Lipinski definition) is 2. The fourth-order valence-electron chi connectivity index (χ4n) is 4.09. The molecule has 0 bridgehead atoms. The average molecular weight is 351 g/mol. The summed E-state index contributed by atoms with van der Waals surface area (Å²) in [6.07, 6.45) is 1.89. The van der Waals surface area contributed by atoms with E-state index in [0.717, 1.165) is 62.3 Å². The molecule has 4 rings (SSSR count). The van der Waals surface area contributed by atoms with E-state index in [9.17, 15) is 5.26 Å². The molecule has 0 amide bonds. The van der Waals surface area contributed by atoms with Crippen molar-refractivity contribution in [3.63, 3.8) is 0 Å². The van der Waals surface area contributed by atoms with Gasteiger partial charge in [-0.2, -0.15) is 5.26 Å². The van der Waals surface area contributed by atoms with E-state index in [1.54, 1.807) is 6.20 Å². The van der Waals surface area contributed by atoms with Crippen LogP contribution in [-0.2, 0) is 10.3 Å². The number of hydrogen-bond acceptors (Lipinski definition) is 6. The lowest BCUT2D eigenvalue weighted by Crippen LogP contribution is -2.55. The van der Waals surface area contributed by atoms with Crippen LogP contribution in [0.5, 0.6) is 0 Å². The molecule has 2 saturated heterocycles. The summed E-state index contributed by atoms with van der Waals surface area (Å²) in [5, 5.41) is 17.3. The highest BCUT2D eigenvalue weighted by atomic mass is 16.5. The zero-order chi connectivity index (χ0) is 18.0. The summed E-state index contributed by atoms with van der Waals surface area (Å²) >= 11 is 0. The largest absolute Gasteiger partial charge is 0.363 e. The molecule has 3 heterocycles. The molecule has 0 radical (unpaired) electrons. The molecule has 0 aliphatic carbocycles. The van der Waals surface area contributed by atoms with Crippen molar-refractivity contribution in [2.24, 2.45) is 0 Å². The van der Waals surface area contributed by atoms with Gasteiger partial charge in [0.1, 0.15) is 11.7 Å². The number of morpholine rings is 1. The normalized spacial score (nSPS) is 27.3. The molecule has 136 valence electrons. The highest BCUT2D eigenvalue weighted by molar-refractivity contribution is 5.87. The van der Waals surface area contributed by atoms with Gasteiger partial charge in [0, 0.05) is 57.4 Å². The van der Waals surface area contributed by atoms with E-state index >= 15 is 0 Å². The Labute approximate surface area is 154 Å². The van der Waals surface area contributed by atoms with Crippen molar-refractivity contribution in [2.45, 2.75) is 18.6 Å². The molecule has 26 heavy (non-hydrogen) atoms. The molecule has 0 unspecified atom stereocenters. The van der Waals surface area contributed by atoms with Gasteiger partial charge in [0.05, 0.1) is 17.2 Å². The number of fused-ring (bicyclic) bond motifs is 1. The molecule has 2 atom stereocenters. The Hall–Kier alpha value is -2.04. The number of nitrogens with zero attached hydrogens (tertiary/aromatic N) is 3. The Morgan fingerprint density at radius 1 is 1.31 bits per heavy atom. The number of piperazine rings is 1. The summed E-state index contributed by atoms with van der Waals surface area (Å²) < 4.78 is 6.61. The van der Waals surface area contributed by atoms with Crippen LogP contribution in [0.4, 0.5) is 0 Å². The molecule has 2 fully saturated rings. The van der Waals surface area contributed by atoms with Crippen LogP contribution in [-0.4, -0.2) is 61.8 Å². The van der Waals surface area contributed by atoms with Gasteiger partial charge in [-0.3, -0.25) is 9.88 Å². The highest BCUT2D eigenvalue weighted by Crippen LogP contribution is 2.34. The Bertz CT molecular complexity index is 827. The summed E-state index contributed by atoms with van der Waals surface area (Å²) in [6.45, 7) is 8.93. The van der Waals surface area contributed by atoms with Crippen LogP contribution >= 0.6 is 0 Å². The van der Waals surface area contributed by atoms with Crippen molar-refractivity contribution in [1.29, 1.82) is 5.26 Å². The third-order valence-electron chi connectivity index (χ3n) is 5.39. The number of nitriles is 1. The molecule has 2 aromatic rings. The van der Waals surface area contributed by atoms with Gasteiger partial charge >= 0.3 is 0 Å². The molecule has 6 heteroatoms. The summed E-state index contributed by atoms with van der Waals surface area (Å²) in [5.41, 5.74) is 2.01. The van der Waals surface area contributed by atoms with Crippen molar-refractivity contribution < 1.29 is 4.74 Å². The number of aromatic nitrogens is 1. The van der Waals surface area contributed by atoms with E-state index < -0.39 is 5.60 Å². The molecule has 0 spiro atoms. The molecule has 6 nitrogen and oxygen atoms in total. The van der Waals surface area contributed by atoms with Crippen LogP contribution in [0.1, 0.15) is 18.1 Å². The molecule has 1 aromatic heterocycles. The fourth-order valence-corrected chi connectivity index (χ4v) is 4.09. The van der Waals surface area contributed by atoms with Gasteiger partial charge in [-0.05, 0) is 24.6 Å². The fraction of sp³-hybridized carbons (Fsp3) is 0.500. The maximum atomic E-state index is 9.38. The number of rotatable bonds is 3. The topological polar surface area (TPSA) is 73.2 Å². The second-order valence-corrected chi connectivity index (χ2v) is 7.32. The molecule has 2 aliphatic rings. The van der Waals surface area contributed by atoms with Gasteiger partial charge in [-0.15, -0.1) is 0 Å². The minimum Gasteiger partial charge on any atom is -0.363 e. The number of benzene rings is 1. The first-order valence-corrected chi connectivity index (χ1v) is 9.29. The van der Waals surface area contributed by atoms with Crippen molar-refractivity contribution >= 4 is 10.9 Å². The lowest BCUT2D eigenvalue weighted by atomic mass is 9.89. The van der Waals surface area contributed by atoms with Gasteiger partial charge in [0.15, 0.2) is 0 Å². The van der Waals surface area contributed by atoms with E-state index in [1.165, 1.54) is 0 Å². The van der Waals surface area contributed by atoms with E-state index in [4.69, 9.17) is 4.74 Å². The molecule has 1 aromatic carbocycles. The molecule has 0 saturated carbocycles. The summed E-state index contributed by atoms with van der Waals surface area (Å²) in [7, 11) is 0. The van der Waals surface area contributed by atoms with Crippen molar-refractivity contribution in [2.75, 3.05) is 45.8 Å². The number of nitrogens with one attached hydrogen (secondary N) is 2. The van der Waals surface area contributed by atoms with Gasteiger partial charge in [0.25, 0.3) is 0 Å². The Kier molecular flexibility index (Phi) is 4.88. The van der Waals surface area contributed by atoms with Crippen LogP contribution in [0.25, 0.3) is 10.9 Å². The molecule has 2 N–H and O–H groups in total. The summed E-state index contributed by atoms with van der Waals surface area (Å²) in [4.78, 5) is 6.90. The first kappa shape index (κ1) is 17.4. The van der Waals surface area contributed by atoms with E-state index in [1.807, 2.05) is 24.3 Å². The smallest absolute Gasteiger partial charge is 0.104 e. The third-order valence-corrected chi connectivity index (χ3v) is 5.39. The minimum absolute atomic E-state index is 0.147. The number of pyridine rings is 1. The number of ether oxygens (including phenoxy) is 1. The quantitative estimate of drug-likeness (QED) is 0.866. The lowest BCUT2D eigenvalue weighted by molar-refractivity contribution is -0.118. The van der Waals surface area contributed by atoms with E-state index in [0.29, 0.717) is 5.56 Å². The minimum atomic E-state index is -0.438. The Morgan fingerprint density at radius 2 is 2.15 bits per heavy atom. The van der Waals surface area contributed by atoms with Crippen LogP contribution < -0.4 is 10.6 Å². The van der Waals surface area contributed by atoms with Crippen LogP contribution in [0.15, 0.2) is 30.5 Å². The second-order valence-electron chi connectivity index (χ2n) is 7.32. The van der Waals surface area contributed by atoms with E-state index in [2.05, 4.69) is 33.5 Å². The van der Waals surface area contributed by atoms with Gasteiger partial charge in [-0.1, -0.05) is 12.1 Å². The Morgan fingerprint density at radius 3 is 2.96 bits per heavy atom. The lowest BCUT2D eigenvalue weighted by Gasteiger charge is -2.42. The molecular weight excluding hydrogens is 326 g/mol. The van der Waals surface area contributed by atoms with Crippen molar-refractivity contribution in [3.05, 3.63) is 41.6 Å². The zero-order valence-electron chi connectivity index (χ0n) is 15.2. The van der Waals surface area contributed by atoms with Gasteiger partial charge < -0.3 is 15.4 Å². The highest BCUT2D eigenvalue weighted by Gasteiger charge is 2.36. The van der Waals surface area contributed by atoms with Crippen LogP contribution in [0.2, 0.25) is 0 Å². The standard InChI is InChI=1S/C20H25N5O/c1-20(14-23-12-16(26-20)13-25-9-7-22-8-10-25)18-5-4-15(11-21)19-17(18)3-2-6-24-19/h2-6,16,22-23H,7-10,12-14H2,1H3/t16-,20-/m0/s1. The molecular formula is C20H25N5O. The van der Waals surface area contributed by atoms with Crippen LogP contribution in [0.3, 0.4) is 0 Å². The second kappa shape index (κ2) is 7.29. The molecule has 2 aliphatic heterocycles. The maximum absolute atomic E-state index is 9.38. The van der Waals surface area contributed by atoms with Gasteiger partial charge in [-0.25, -0.2) is 0 Å². The zero-order valence-corrected chi connectivity index (χ0v) is 15.2. The average Bonchev–Trinajstić information content (AvgIpc) is 2.68. The summed E-state index contributed by atoms with van der Waals surface area (Å²) in [5.74, 6) is 0. The Balaban J connectivity index is 1.62. The first-order valence-electron chi connectivity index (χ1n) is 9.29. The van der Waals surface area contributed by atoms with Crippen molar-refractivity contribution in [3.8, 4) is 6.07 Å². The maximum Gasteiger partial charge on any atom is 0.104 e. The predicted octanol–water partition coefficient (Wildman–Crippen LogP) is 1.22. The summed E-state index contributed by atoms with van der Waals surface area (Å²) in [6, 6.07) is 10.1. The SMILES string of the molecule is C[C@@]1(c2ccc(C#N)c3ncccc23)CNC[C@@H](CN2CCNCC2)O1. The third kappa shape index (κ3) is 3.31. The van der Waals surface area contributed by atoms with Crippen molar-refractivity contribution in [1.82, 2.24) is 20.5 Å². The predicted molar refractivity (Wildman–Crippen MR) is 101 cm³/mol. The van der Waals surface area contributed by atoms with Crippen LogP contribution in [0, 0.1) is 11.3 Å². The van der Waals surface area contributed by atoms with E-state index in [-0.39, 0.29) is 6.10 Å². The first-order chi connectivity index (χ1) is 12.7. The monoisotopic (exact) mass is 351 g/mol.